The van der Waals surface area contributed by atoms with E-state index in [1.165, 1.54) is 0 Å². The third-order valence-electron chi connectivity index (χ3n) is 2.25. The zero-order valence-corrected chi connectivity index (χ0v) is 8.57. The molecule has 2 rings (SSSR count). The molecule has 1 aromatic carbocycles. The third-order valence-corrected chi connectivity index (χ3v) is 2.25. The zero-order valence-electron chi connectivity index (χ0n) is 8.57. The third kappa shape index (κ3) is 1.89. The first kappa shape index (κ1) is 9.86. The molecular formula is C11H13N3O. The van der Waals surface area contributed by atoms with E-state index in [4.69, 9.17) is 5.73 Å². The Kier molecular flexibility index (Phi) is 2.51. The van der Waals surface area contributed by atoms with Crippen LogP contribution in [0.25, 0.3) is 10.9 Å². The second-order valence-electron chi connectivity index (χ2n) is 3.46. The van der Waals surface area contributed by atoms with Crippen LogP contribution in [-0.2, 0) is 6.42 Å². The number of rotatable bonds is 2. The van der Waals surface area contributed by atoms with Crippen LogP contribution in [0, 0.1) is 6.92 Å². The minimum atomic E-state index is 0.230. The summed E-state index contributed by atoms with van der Waals surface area (Å²) < 4.78 is 0. The van der Waals surface area contributed by atoms with E-state index in [-0.39, 0.29) is 5.75 Å². The largest absolute Gasteiger partial charge is 0.508 e. The highest BCUT2D eigenvalue weighted by Gasteiger charge is 2.05. The number of phenolic OH excluding ortho intramolecular Hbond substituents is 1. The number of phenols is 1. The second-order valence-corrected chi connectivity index (χ2v) is 3.46. The molecule has 3 N–H and O–H groups in total. The molecule has 0 aliphatic carbocycles. The number of hydrogen-bond acceptors (Lipinski definition) is 4. The number of nitrogens with two attached hydrogens (primary N) is 1. The van der Waals surface area contributed by atoms with E-state index in [0.717, 1.165) is 22.4 Å². The molecule has 0 bridgehead atoms. The van der Waals surface area contributed by atoms with Crippen molar-refractivity contribution >= 4 is 10.9 Å². The van der Waals surface area contributed by atoms with Crippen molar-refractivity contribution in [1.29, 1.82) is 0 Å². The lowest BCUT2D eigenvalue weighted by molar-refractivity contribution is 0.476. The van der Waals surface area contributed by atoms with Crippen molar-refractivity contribution < 1.29 is 5.11 Å². The summed E-state index contributed by atoms with van der Waals surface area (Å²) in [6.45, 7) is 2.40. The fraction of sp³-hybridized carbons (Fsp3) is 0.273. The van der Waals surface area contributed by atoms with E-state index < -0.39 is 0 Å². The molecule has 4 heteroatoms. The van der Waals surface area contributed by atoms with E-state index in [9.17, 15) is 5.11 Å². The molecule has 15 heavy (non-hydrogen) atoms. The van der Waals surface area contributed by atoms with Gasteiger partial charge in [-0.1, -0.05) is 0 Å². The number of hydrogen-bond donors (Lipinski definition) is 2. The number of aromatic nitrogens is 2. The van der Waals surface area contributed by atoms with E-state index in [1.54, 1.807) is 18.2 Å². The van der Waals surface area contributed by atoms with Gasteiger partial charge in [0, 0.05) is 11.8 Å². The summed E-state index contributed by atoms with van der Waals surface area (Å²) in [5, 5.41) is 10.3. The van der Waals surface area contributed by atoms with Gasteiger partial charge in [0.2, 0.25) is 0 Å². The van der Waals surface area contributed by atoms with Gasteiger partial charge in [-0.05, 0) is 31.7 Å². The average molecular weight is 203 g/mol. The van der Waals surface area contributed by atoms with Gasteiger partial charge in [0.05, 0.1) is 11.2 Å². The fourth-order valence-electron chi connectivity index (χ4n) is 1.63. The summed E-state index contributed by atoms with van der Waals surface area (Å²) in [6, 6.07) is 5.10. The number of aryl methyl sites for hydroxylation is 1. The van der Waals surface area contributed by atoms with Crippen molar-refractivity contribution in [3.05, 3.63) is 29.7 Å². The Morgan fingerprint density at radius 3 is 2.87 bits per heavy atom. The monoisotopic (exact) mass is 203 g/mol. The van der Waals surface area contributed by atoms with Crippen LogP contribution in [0.4, 0.5) is 0 Å². The molecule has 4 nitrogen and oxygen atoms in total. The van der Waals surface area contributed by atoms with Crippen molar-refractivity contribution in [2.75, 3.05) is 6.54 Å². The molecular weight excluding hydrogens is 190 g/mol. The highest BCUT2D eigenvalue weighted by molar-refractivity contribution is 5.82. The van der Waals surface area contributed by atoms with E-state index >= 15 is 0 Å². The Bertz CT molecular complexity index is 496. The predicted octanol–water partition coefficient (Wildman–Crippen LogP) is 1.15. The van der Waals surface area contributed by atoms with Crippen LogP contribution < -0.4 is 5.73 Å². The molecule has 0 aliphatic rings. The molecule has 1 aromatic heterocycles. The van der Waals surface area contributed by atoms with Crippen molar-refractivity contribution in [1.82, 2.24) is 9.97 Å². The van der Waals surface area contributed by atoms with E-state index in [2.05, 4.69) is 9.97 Å². The van der Waals surface area contributed by atoms with Crippen LogP contribution >= 0.6 is 0 Å². The van der Waals surface area contributed by atoms with Crippen LogP contribution in [0.2, 0.25) is 0 Å². The van der Waals surface area contributed by atoms with Crippen LogP contribution in [0.15, 0.2) is 18.2 Å². The highest BCUT2D eigenvalue weighted by atomic mass is 16.3. The summed E-state index contributed by atoms with van der Waals surface area (Å²) in [4.78, 5) is 8.63. The first-order valence-electron chi connectivity index (χ1n) is 4.87. The standard InChI is InChI=1S/C11H13N3O/c1-7-13-10-3-2-8(15)6-9(10)11(14-7)4-5-12/h2-3,6,15H,4-5,12H2,1H3. The summed E-state index contributed by atoms with van der Waals surface area (Å²) in [5.41, 5.74) is 7.27. The van der Waals surface area contributed by atoms with Gasteiger partial charge in [0.15, 0.2) is 0 Å². The predicted molar refractivity (Wildman–Crippen MR) is 58.7 cm³/mol. The van der Waals surface area contributed by atoms with Gasteiger partial charge in [-0.25, -0.2) is 9.97 Å². The Balaban J connectivity index is 2.70. The van der Waals surface area contributed by atoms with Gasteiger partial charge >= 0.3 is 0 Å². The molecule has 0 aliphatic heterocycles. The number of fused-ring (bicyclic) bond motifs is 1. The Morgan fingerprint density at radius 2 is 2.13 bits per heavy atom. The lowest BCUT2D eigenvalue weighted by atomic mass is 10.1. The van der Waals surface area contributed by atoms with E-state index in [1.807, 2.05) is 6.92 Å². The zero-order chi connectivity index (χ0) is 10.8. The minimum Gasteiger partial charge on any atom is -0.508 e. The van der Waals surface area contributed by atoms with Crippen molar-refractivity contribution in [3.8, 4) is 5.75 Å². The van der Waals surface area contributed by atoms with Gasteiger partial charge < -0.3 is 10.8 Å². The summed E-state index contributed by atoms with van der Waals surface area (Å²) in [5.74, 6) is 0.963. The maximum absolute atomic E-state index is 9.41. The smallest absolute Gasteiger partial charge is 0.126 e. The molecule has 0 unspecified atom stereocenters. The molecule has 1 heterocycles. The molecule has 0 saturated heterocycles. The van der Waals surface area contributed by atoms with Crippen molar-refractivity contribution in [2.45, 2.75) is 13.3 Å². The van der Waals surface area contributed by atoms with Crippen LogP contribution in [0.3, 0.4) is 0 Å². The van der Waals surface area contributed by atoms with Gasteiger partial charge in [-0.3, -0.25) is 0 Å². The maximum Gasteiger partial charge on any atom is 0.126 e. The fourth-order valence-corrected chi connectivity index (χ4v) is 1.63. The minimum absolute atomic E-state index is 0.230. The van der Waals surface area contributed by atoms with E-state index in [0.29, 0.717) is 13.0 Å². The number of nitrogens with zero attached hydrogens (tertiary/aromatic N) is 2. The molecule has 0 radical (unpaired) electrons. The molecule has 78 valence electrons. The van der Waals surface area contributed by atoms with Gasteiger partial charge in [0.1, 0.15) is 11.6 Å². The molecule has 0 spiro atoms. The first-order chi connectivity index (χ1) is 7.20. The lowest BCUT2D eigenvalue weighted by Gasteiger charge is -2.05. The molecule has 2 aromatic rings. The summed E-state index contributed by atoms with van der Waals surface area (Å²) >= 11 is 0. The molecule has 0 saturated carbocycles. The topological polar surface area (TPSA) is 72.0 Å². The first-order valence-corrected chi connectivity index (χ1v) is 4.87. The van der Waals surface area contributed by atoms with Crippen LogP contribution in [-0.4, -0.2) is 21.6 Å². The molecule has 0 amide bonds. The Labute approximate surface area is 87.8 Å². The SMILES string of the molecule is Cc1nc(CCN)c2cc(O)ccc2n1. The van der Waals surface area contributed by atoms with Crippen LogP contribution in [0.1, 0.15) is 11.5 Å². The Morgan fingerprint density at radius 1 is 1.33 bits per heavy atom. The summed E-state index contributed by atoms with van der Waals surface area (Å²) in [7, 11) is 0. The van der Waals surface area contributed by atoms with Crippen LogP contribution in [0.5, 0.6) is 5.75 Å². The highest BCUT2D eigenvalue weighted by Crippen LogP contribution is 2.21. The molecule has 0 atom stereocenters. The number of aromatic hydroxyl groups is 1. The summed E-state index contributed by atoms with van der Waals surface area (Å²) in [6.07, 6.45) is 0.698. The van der Waals surface area contributed by atoms with Gasteiger partial charge in [-0.2, -0.15) is 0 Å². The Hall–Kier alpha value is -1.68. The number of benzene rings is 1. The quantitative estimate of drug-likeness (QED) is 0.767. The second kappa shape index (κ2) is 3.82. The lowest BCUT2D eigenvalue weighted by Crippen LogP contribution is -2.06. The van der Waals surface area contributed by atoms with Crippen molar-refractivity contribution in [3.63, 3.8) is 0 Å². The van der Waals surface area contributed by atoms with Gasteiger partial charge in [-0.15, -0.1) is 0 Å². The average Bonchev–Trinajstić information content (AvgIpc) is 2.19. The molecule has 0 fully saturated rings. The maximum atomic E-state index is 9.41. The van der Waals surface area contributed by atoms with Crippen molar-refractivity contribution in [2.24, 2.45) is 5.73 Å². The normalized spacial score (nSPS) is 10.8. The van der Waals surface area contributed by atoms with Gasteiger partial charge in [0.25, 0.3) is 0 Å².